The van der Waals surface area contributed by atoms with Crippen molar-refractivity contribution in [3.05, 3.63) is 46.6 Å². The van der Waals surface area contributed by atoms with Gasteiger partial charge in [-0.3, -0.25) is 4.99 Å². The molecular weight excluding hydrogens is 314 g/mol. The van der Waals surface area contributed by atoms with Crippen LogP contribution < -0.4 is 10.6 Å². The molecule has 0 radical (unpaired) electrons. The standard InChI is InChI=1S/C16H22ClN5O/c1-3-18-16(20-11-9-15-21-12(2)22-23-15)19-10-8-13-4-6-14(17)7-5-13/h4-7H,3,8-11H2,1-2H3,(H2,18,19,20). The van der Waals surface area contributed by atoms with Gasteiger partial charge in [-0.05, 0) is 38.0 Å². The maximum atomic E-state index is 5.88. The Morgan fingerprint density at radius 3 is 2.65 bits per heavy atom. The fourth-order valence-corrected chi connectivity index (χ4v) is 2.15. The van der Waals surface area contributed by atoms with Gasteiger partial charge in [-0.15, -0.1) is 0 Å². The predicted octanol–water partition coefficient (Wildman–Crippen LogP) is 2.37. The third kappa shape index (κ3) is 6.28. The van der Waals surface area contributed by atoms with Gasteiger partial charge in [-0.25, -0.2) is 0 Å². The second kappa shape index (κ2) is 9.15. The van der Waals surface area contributed by atoms with Crippen molar-refractivity contribution in [3.8, 4) is 0 Å². The lowest BCUT2D eigenvalue weighted by atomic mass is 10.1. The van der Waals surface area contributed by atoms with E-state index in [4.69, 9.17) is 16.1 Å². The molecule has 0 atom stereocenters. The molecule has 0 aliphatic rings. The Hall–Kier alpha value is -2.08. The summed E-state index contributed by atoms with van der Waals surface area (Å²) in [5.41, 5.74) is 1.24. The quantitative estimate of drug-likeness (QED) is 0.600. The van der Waals surface area contributed by atoms with E-state index >= 15 is 0 Å². The maximum Gasteiger partial charge on any atom is 0.228 e. The van der Waals surface area contributed by atoms with Gasteiger partial charge in [0.25, 0.3) is 0 Å². The van der Waals surface area contributed by atoms with Crippen LogP contribution in [0.3, 0.4) is 0 Å². The number of halogens is 1. The second-order valence-corrected chi connectivity index (χ2v) is 5.49. The molecule has 2 N–H and O–H groups in total. The van der Waals surface area contributed by atoms with Gasteiger partial charge in [-0.2, -0.15) is 4.98 Å². The Kier molecular flexibility index (Phi) is 6.87. The summed E-state index contributed by atoms with van der Waals surface area (Å²) in [6, 6.07) is 7.88. The number of aromatic nitrogens is 2. The van der Waals surface area contributed by atoms with E-state index in [0.717, 1.165) is 30.5 Å². The third-order valence-electron chi connectivity index (χ3n) is 3.13. The Balaban J connectivity index is 1.77. The van der Waals surface area contributed by atoms with Crippen LogP contribution in [0.1, 0.15) is 24.2 Å². The van der Waals surface area contributed by atoms with Gasteiger partial charge in [0.05, 0.1) is 6.54 Å². The van der Waals surface area contributed by atoms with Crippen LogP contribution in [0.2, 0.25) is 5.02 Å². The van der Waals surface area contributed by atoms with E-state index in [1.54, 1.807) is 6.92 Å². The van der Waals surface area contributed by atoms with Crippen LogP contribution >= 0.6 is 11.6 Å². The summed E-state index contributed by atoms with van der Waals surface area (Å²) in [6.07, 6.45) is 1.54. The first-order chi connectivity index (χ1) is 11.2. The molecule has 1 aromatic carbocycles. The number of nitrogens with one attached hydrogen (secondary N) is 2. The van der Waals surface area contributed by atoms with Crippen LogP contribution in [0.4, 0.5) is 0 Å². The fraction of sp³-hybridized carbons (Fsp3) is 0.438. The van der Waals surface area contributed by atoms with E-state index in [0.29, 0.717) is 24.7 Å². The minimum absolute atomic E-state index is 0.595. The predicted molar refractivity (Wildman–Crippen MR) is 91.9 cm³/mol. The molecule has 6 nitrogen and oxygen atoms in total. The molecule has 23 heavy (non-hydrogen) atoms. The molecule has 0 aliphatic carbocycles. The maximum absolute atomic E-state index is 5.88. The van der Waals surface area contributed by atoms with Gasteiger partial charge in [-0.1, -0.05) is 28.9 Å². The number of guanidine groups is 1. The van der Waals surface area contributed by atoms with Crippen LogP contribution in [0, 0.1) is 6.92 Å². The molecule has 0 bridgehead atoms. The summed E-state index contributed by atoms with van der Waals surface area (Å²) >= 11 is 5.88. The van der Waals surface area contributed by atoms with E-state index in [1.807, 2.05) is 31.2 Å². The van der Waals surface area contributed by atoms with Crippen molar-refractivity contribution < 1.29 is 4.52 Å². The Morgan fingerprint density at radius 1 is 1.22 bits per heavy atom. The molecule has 0 aliphatic heterocycles. The van der Waals surface area contributed by atoms with Crippen molar-refractivity contribution in [1.29, 1.82) is 0 Å². The molecule has 0 amide bonds. The summed E-state index contributed by atoms with van der Waals surface area (Å²) in [5, 5.41) is 11.1. The topological polar surface area (TPSA) is 75.3 Å². The van der Waals surface area contributed by atoms with E-state index in [2.05, 4.69) is 25.8 Å². The number of hydrogen-bond acceptors (Lipinski definition) is 4. The molecule has 0 spiro atoms. The average molecular weight is 336 g/mol. The Bertz CT molecular complexity index is 624. The monoisotopic (exact) mass is 335 g/mol. The lowest BCUT2D eigenvalue weighted by Gasteiger charge is -2.11. The van der Waals surface area contributed by atoms with E-state index in [9.17, 15) is 0 Å². The molecule has 2 aromatic rings. The van der Waals surface area contributed by atoms with Crippen LogP contribution in [-0.4, -0.2) is 35.7 Å². The van der Waals surface area contributed by atoms with Crippen molar-refractivity contribution in [3.63, 3.8) is 0 Å². The van der Waals surface area contributed by atoms with Gasteiger partial charge in [0.15, 0.2) is 11.8 Å². The highest BCUT2D eigenvalue weighted by molar-refractivity contribution is 6.30. The SMILES string of the molecule is CCNC(=NCCc1nc(C)no1)NCCc1ccc(Cl)cc1. The molecule has 0 saturated heterocycles. The lowest BCUT2D eigenvalue weighted by Crippen LogP contribution is -2.38. The number of hydrogen-bond donors (Lipinski definition) is 2. The molecule has 0 saturated carbocycles. The Morgan fingerprint density at radius 2 is 2.00 bits per heavy atom. The third-order valence-corrected chi connectivity index (χ3v) is 3.38. The number of aliphatic imine (C=N–C) groups is 1. The number of aryl methyl sites for hydroxylation is 1. The van der Waals surface area contributed by atoms with Crippen LogP contribution in [0.25, 0.3) is 0 Å². The van der Waals surface area contributed by atoms with Crippen molar-refractivity contribution in [2.45, 2.75) is 26.7 Å². The first-order valence-corrected chi connectivity index (χ1v) is 8.11. The minimum atomic E-state index is 0.595. The number of rotatable bonds is 7. The van der Waals surface area contributed by atoms with Crippen LogP contribution in [-0.2, 0) is 12.8 Å². The molecular formula is C16H22ClN5O. The van der Waals surface area contributed by atoms with Crippen molar-refractivity contribution in [1.82, 2.24) is 20.8 Å². The zero-order chi connectivity index (χ0) is 16.5. The van der Waals surface area contributed by atoms with Crippen LogP contribution in [0.15, 0.2) is 33.8 Å². The lowest BCUT2D eigenvalue weighted by molar-refractivity contribution is 0.376. The van der Waals surface area contributed by atoms with Gasteiger partial charge in [0.2, 0.25) is 5.89 Å². The number of nitrogens with zero attached hydrogens (tertiary/aromatic N) is 3. The van der Waals surface area contributed by atoms with E-state index in [-0.39, 0.29) is 0 Å². The molecule has 124 valence electrons. The largest absolute Gasteiger partial charge is 0.357 e. The molecule has 1 heterocycles. The summed E-state index contributed by atoms with van der Waals surface area (Å²) in [5.74, 6) is 2.05. The molecule has 0 unspecified atom stereocenters. The zero-order valence-corrected chi connectivity index (χ0v) is 14.2. The first-order valence-electron chi connectivity index (χ1n) is 7.73. The highest BCUT2D eigenvalue weighted by atomic mass is 35.5. The fourth-order valence-electron chi connectivity index (χ4n) is 2.02. The molecule has 7 heteroatoms. The minimum Gasteiger partial charge on any atom is -0.357 e. The summed E-state index contributed by atoms with van der Waals surface area (Å²) < 4.78 is 5.07. The molecule has 2 rings (SSSR count). The van der Waals surface area contributed by atoms with Crippen LogP contribution in [0.5, 0.6) is 0 Å². The van der Waals surface area contributed by atoms with Gasteiger partial charge < -0.3 is 15.2 Å². The Labute approximate surface area is 141 Å². The van der Waals surface area contributed by atoms with Gasteiger partial charge in [0, 0.05) is 24.5 Å². The van der Waals surface area contributed by atoms with Crippen molar-refractivity contribution >= 4 is 17.6 Å². The normalized spacial score (nSPS) is 11.5. The highest BCUT2D eigenvalue weighted by Crippen LogP contribution is 2.09. The zero-order valence-electron chi connectivity index (χ0n) is 13.5. The van der Waals surface area contributed by atoms with Crippen molar-refractivity contribution in [2.24, 2.45) is 4.99 Å². The summed E-state index contributed by atoms with van der Waals surface area (Å²) in [7, 11) is 0. The van der Waals surface area contributed by atoms with Crippen molar-refractivity contribution in [2.75, 3.05) is 19.6 Å². The van der Waals surface area contributed by atoms with Gasteiger partial charge in [0.1, 0.15) is 0 Å². The second-order valence-electron chi connectivity index (χ2n) is 5.05. The summed E-state index contributed by atoms with van der Waals surface area (Å²) in [6.45, 7) is 6.05. The van der Waals surface area contributed by atoms with Gasteiger partial charge >= 0.3 is 0 Å². The summed E-state index contributed by atoms with van der Waals surface area (Å²) in [4.78, 5) is 8.67. The van der Waals surface area contributed by atoms with E-state index in [1.165, 1.54) is 5.56 Å². The molecule has 1 aromatic heterocycles. The average Bonchev–Trinajstić information content (AvgIpc) is 2.95. The molecule has 0 fully saturated rings. The number of benzene rings is 1. The highest BCUT2D eigenvalue weighted by Gasteiger charge is 2.02. The first kappa shape index (κ1) is 17.3. The van der Waals surface area contributed by atoms with E-state index < -0.39 is 0 Å². The smallest absolute Gasteiger partial charge is 0.228 e.